The number of phosphoric ester groups is 2. The lowest BCUT2D eigenvalue weighted by molar-refractivity contribution is -0.216. The number of amides is 1. The molecule has 1 aliphatic heterocycles. The van der Waals surface area contributed by atoms with Crippen molar-refractivity contribution >= 4 is 50.4 Å². The molecule has 10 N–H and O–H groups in total. The number of nitrogens with one attached hydrogen (secondary N) is 1. The molecule has 0 spiro atoms. The summed E-state index contributed by atoms with van der Waals surface area (Å²) in [6.07, 6.45) is -8.47. The average molecular weight is 1040 g/mol. The van der Waals surface area contributed by atoms with Gasteiger partial charge >= 0.3 is 33.6 Å². The van der Waals surface area contributed by atoms with E-state index < -0.39 is 95.4 Å². The van der Waals surface area contributed by atoms with Gasteiger partial charge in [0.1, 0.15) is 60.3 Å². The molecule has 0 bridgehead atoms. The number of phenols is 1. The van der Waals surface area contributed by atoms with E-state index in [1.54, 1.807) is 6.07 Å². The van der Waals surface area contributed by atoms with Crippen molar-refractivity contribution in [1.82, 2.24) is 5.32 Å². The zero-order valence-electron chi connectivity index (χ0n) is 38.6. The number of aromatic carboxylic acids is 1. The molecule has 23 nitrogen and oxygen atoms in total. The summed E-state index contributed by atoms with van der Waals surface area (Å²) in [5, 5.41) is 64.9. The number of hydrogen-bond acceptors (Lipinski definition) is 18. The zero-order chi connectivity index (χ0) is 52.0. The van der Waals surface area contributed by atoms with E-state index in [9.17, 15) is 68.6 Å². The fourth-order valence-corrected chi connectivity index (χ4v) is 9.44. The van der Waals surface area contributed by atoms with Gasteiger partial charge in [-0.25, -0.2) is 13.9 Å². The number of unbranched alkanes of at least 4 members (excludes halogenated alkanes) is 8. The molecule has 6 atom stereocenters. The van der Waals surface area contributed by atoms with Crippen molar-refractivity contribution in [3.05, 3.63) is 75.9 Å². The Balaban J connectivity index is 1.08. The Morgan fingerprint density at radius 1 is 0.718 bits per heavy atom. The lowest BCUT2D eigenvalue weighted by Gasteiger charge is -2.43. The molecule has 25 heteroatoms. The molecule has 1 heterocycles. The molecule has 390 valence electrons. The van der Waals surface area contributed by atoms with Crippen LogP contribution in [0.3, 0.4) is 0 Å². The highest BCUT2D eigenvalue weighted by Gasteiger charge is 2.54. The Labute approximate surface area is 406 Å². The van der Waals surface area contributed by atoms with Gasteiger partial charge in [0.05, 0.1) is 12.2 Å². The zero-order valence-corrected chi connectivity index (χ0v) is 40.4. The molecule has 0 radical (unpaired) electrons. The van der Waals surface area contributed by atoms with Gasteiger partial charge in [0, 0.05) is 53.6 Å². The maximum atomic E-state index is 13.1. The third-order valence-electron chi connectivity index (χ3n) is 11.5. The van der Waals surface area contributed by atoms with E-state index in [4.69, 9.17) is 32.7 Å². The first-order valence-corrected chi connectivity index (χ1v) is 25.9. The second-order valence-electron chi connectivity index (χ2n) is 17.0. The number of aliphatic hydroxyl groups excluding tert-OH is 4. The highest BCUT2D eigenvalue weighted by atomic mass is 31.2. The smallest absolute Gasteiger partial charge is 0.472 e. The van der Waals surface area contributed by atoms with Crippen LogP contribution in [0.4, 0.5) is 0 Å². The quantitative estimate of drug-likeness (QED) is 0.0172. The molecule has 3 aliphatic rings. The predicted octanol–water partition coefficient (Wildman–Crippen LogP) is 4.29. The van der Waals surface area contributed by atoms with Crippen molar-refractivity contribution in [2.24, 2.45) is 0 Å². The molecule has 1 amide bonds. The molecule has 0 saturated heterocycles. The minimum Gasteiger partial charge on any atom is -0.508 e. The van der Waals surface area contributed by atoms with Gasteiger partial charge in [-0.15, -0.1) is 0 Å². The fraction of sp³-hybridized carbons (Fsp3) is 0.500. The van der Waals surface area contributed by atoms with E-state index in [2.05, 4.69) is 9.84 Å². The molecular weight excluding hydrogens is 980 g/mol. The molecule has 2 aromatic rings. The third kappa shape index (κ3) is 16.4. The van der Waals surface area contributed by atoms with Gasteiger partial charge in [-0.3, -0.25) is 32.7 Å². The largest absolute Gasteiger partial charge is 0.508 e. The normalized spacial score (nSPS) is 20.6. The van der Waals surface area contributed by atoms with Crippen molar-refractivity contribution in [3.8, 4) is 28.2 Å². The molecule has 0 aromatic heterocycles. The molecule has 6 unspecified atom stereocenters. The summed E-state index contributed by atoms with van der Waals surface area (Å²) in [6, 6.07) is 12.7. The second kappa shape index (κ2) is 26.0. The van der Waals surface area contributed by atoms with Crippen molar-refractivity contribution in [2.45, 2.75) is 127 Å². The number of carbonyl (C=O) groups excluding carboxylic acids is 3. The van der Waals surface area contributed by atoms with E-state index in [-0.39, 0.29) is 58.6 Å². The monoisotopic (exact) mass is 1040 g/mol. The number of rotatable bonds is 27. The first-order valence-electron chi connectivity index (χ1n) is 22.9. The van der Waals surface area contributed by atoms with Crippen LogP contribution in [0, 0.1) is 0 Å². The number of benzene rings is 3. The highest BCUT2D eigenvalue weighted by molar-refractivity contribution is 7.47. The van der Waals surface area contributed by atoms with Crippen LogP contribution in [0.15, 0.2) is 63.8 Å². The van der Waals surface area contributed by atoms with Crippen molar-refractivity contribution in [2.75, 3.05) is 19.8 Å². The van der Waals surface area contributed by atoms with E-state index >= 15 is 0 Å². The maximum absolute atomic E-state index is 13.1. The van der Waals surface area contributed by atoms with Crippen molar-refractivity contribution in [3.63, 3.8) is 0 Å². The van der Waals surface area contributed by atoms with Crippen molar-refractivity contribution in [1.29, 1.82) is 0 Å². The SMILES string of the molecule is CCCCCCCC(=O)OC(COC(=O)CCCCCCCNC(=O)c1ccc(-c2c3ccc(=O)cc-3oc3cc(O)ccc23)c(C(=O)O)c1)COP(=O)(O)OC1C(O)C(O)C(OP(=O)(O)O)C(O)C1O. The minimum atomic E-state index is -5.35. The molecule has 71 heavy (non-hydrogen) atoms. The van der Waals surface area contributed by atoms with Crippen molar-refractivity contribution < 1.29 is 101 Å². The molecule has 1 fully saturated rings. The number of carboxylic acid groups (broad SMARTS) is 1. The number of phenolic OH excluding ortho intramolecular Hbond substituents is 1. The van der Waals surface area contributed by atoms with E-state index in [1.165, 1.54) is 48.5 Å². The number of esters is 2. The van der Waals surface area contributed by atoms with Crippen LogP contribution in [0.2, 0.25) is 0 Å². The minimum absolute atomic E-state index is 0.0279. The summed E-state index contributed by atoms with van der Waals surface area (Å²) in [7, 11) is -10.7. The summed E-state index contributed by atoms with van der Waals surface area (Å²) < 4.78 is 54.6. The van der Waals surface area contributed by atoms with Crippen LogP contribution in [0.25, 0.3) is 33.4 Å². The summed E-state index contributed by atoms with van der Waals surface area (Å²) in [5.74, 6) is -3.16. The van der Waals surface area contributed by atoms with Gasteiger partial charge in [-0.05, 0) is 61.2 Å². The number of hydrogen-bond donors (Lipinski definition) is 10. The Morgan fingerprint density at radius 3 is 1.97 bits per heavy atom. The lowest BCUT2D eigenvalue weighted by atomic mass is 9.85. The van der Waals surface area contributed by atoms with Gasteiger partial charge in [-0.2, -0.15) is 0 Å². The van der Waals surface area contributed by atoms with Gasteiger partial charge in [0.15, 0.2) is 11.5 Å². The number of fused-ring (bicyclic) bond motifs is 2. The summed E-state index contributed by atoms with van der Waals surface area (Å²) in [5.41, 5.74) is 0.949. The fourth-order valence-electron chi connectivity index (χ4n) is 7.90. The number of aromatic hydroxyl groups is 1. The van der Waals surface area contributed by atoms with E-state index in [0.717, 1.165) is 25.7 Å². The predicted molar refractivity (Wildman–Crippen MR) is 249 cm³/mol. The molecule has 5 rings (SSSR count). The molecule has 2 aliphatic carbocycles. The Bertz CT molecular complexity index is 2580. The molecule has 1 saturated carbocycles. The number of carbonyl (C=O) groups is 4. The molecule has 2 aromatic carbocycles. The Hall–Kier alpha value is -5.13. The maximum Gasteiger partial charge on any atom is 0.472 e. The topological polar surface area (TPSA) is 373 Å². The average Bonchev–Trinajstić information content (AvgIpc) is 3.31. The van der Waals surface area contributed by atoms with Gasteiger partial charge in [0.25, 0.3) is 5.91 Å². The summed E-state index contributed by atoms with van der Waals surface area (Å²) in [6.45, 7) is 0.758. The first kappa shape index (κ1) is 56.8. The number of aliphatic hydroxyl groups is 4. The van der Waals surface area contributed by atoms with Gasteiger partial charge < -0.3 is 64.5 Å². The lowest BCUT2D eigenvalue weighted by Crippen LogP contribution is -2.64. The number of ether oxygens (including phenoxy) is 2. The van der Waals surface area contributed by atoms with Crippen LogP contribution in [-0.2, 0) is 41.8 Å². The van der Waals surface area contributed by atoms with Gasteiger partial charge in [-0.1, -0.05) is 57.9 Å². The van der Waals surface area contributed by atoms with E-state index in [0.29, 0.717) is 55.0 Å². The molecular formula is C46H59NO22P2. The summed E-state index contributed by atoms with van der Waals surface area (Å²) >= 11 is 0. The van der Waals surface area contributed by atoms with Gasteiger partial charge in [0.2, 0.25) is 0 Å². The van der Waals surface area contributed by atoms with Crippen LogP contribution in [-0.4, -0.2) is 132 Å². The standard InChI is InChI=1S/C46H59NO22P2/c1-2-3-4-6-10-13-37(51)66-29(25-65-71(62,63)69-44-41(54)39(52)43(40(53)42(44)55)68-70(59,60)61)24-64-36(50)12-9-7-5-8-11-20-47-45(56)26-14-17-30(33(21-26)46(57)58)38-31-18-15-27(48)22-34(31)67-35-23-28(49)16-19-32(35)38/h14-19,21-23,29,39-44,48,52-55H,2-13,20,24-25H2,1H3,(H,47,56)(H,57,58)(H,62,63)(H2,59,60,61). The van der Waals surface area contributed by atoms with E-state index in [1.807, 2.05) is 6.92 Å². The Kier molecular flexibility index (Phi) is 20.8. The second-order valence-corrected chi connectivity index (χ2v) is 19.6. The Morgan fingerprint density at radius 2 is 1.32 bits per heavy atom. The third-order valence-corrected chi connectivity index (χ3v) is 13.0. The number of carboxylic acids is 1. The van der Waals surface area contributed by atoms with Crippen LogP contribution >= 0.6 is 15.6 Å². The van der Waals surface area contributed by atoms with Crippen LogP contribution < -0.4 is 10.7 Å². The van der Waals surface area contributed by atoms with Crippen LogP contribution in [0.1, 0.15) is 105 Å². The first-order chi connectivity index (χ1) is 33.6. The summed E-state index contributed by atoms with van der Waals surface area (Å²) in [4.78, 5) is 91.7. The number of phosphoric acid groups is 2. The van der Waals surface area contributed by atoms with Crippen LogP contribution in [0.5, 0.6) is 5.75 Å². The highest BCUT2D eigenvalue weighted by Crippen LogP contribution is 2.49.